The lowest BCUT2D eigenvalue weighted by Gasteiger charge is -2.35. The average Bonchev–Trinajstić information content (AvgIpc) is 2.46. The molecule has 0 saturated heterocycles. The van der Waals surface area contributed by atoms with Crippen molar-refractivity contribution in [3.05, 3.63) is 35.4 Å². The quantitative estimate of drug-likeness (QED) is 0.728. The van der Waals surface area contributed by atoms with E-state index in [1.54, 1.807) is 0 Å². The van der Waals surface area contributed by atoms with Gasteiger partial charge in [0.25, 0.3) is 0 Å². The van der Waals surface area contributed by atoms with E-state index >= 15 is 0 Å². The third kappa shape index (κ3) is 3.81. The van der Waals surface area contributed by atoms with Gasteiger partial charge in [-0.1, -0.05) is 31.2 Å². The van der Waals surface area contributed by atoms with Crippen molar-refractivity contribution >= 4 is 0 Å². The number of aryl methyl sites for hydroxylation is 1. The van der Waals surface area contributed by atoms with Gasteiger partial charge >= 0.3 is 0 Å². The van der Waals surface area contributed by atoms with Crippen LogP contribution in [0.1, 0.15) is 43.7 Å². The van der Waals surface area contributed by atoms with E-state index in [4.69, 9.17) is 5.26 Å². The number of rotatable bonds is 6. The monoisotopic (exact) mass is 256 g/mol. The van der Waals surface area contributed by atoms with Crippen molar-refractivity contribution in [2.24, 2.45) is 0 Å². The Kier molecular flexibility index (Phi) is 5.42. The number of nitriles is 1. The van der Waals surface area contributed by atoms with Gasteiger partial charge in [-0.2, -0.15) is 5.26 Å². The van der Waals surface area contributed by atoms with Crippen molar-refractivity contribution in [1.29, 1.82) is 5.26 Å². The zero-order valence-corrected chi connectivity index (χ0v) is 11.9. The van der Waals surface area contributed by atoms with Gasteiger partial charge in [0.2, 0.25) is 0 Å². The van der Waals surface area contributed by atoms with Crippen LogP contribution in [0.5, 0.6) is 0 Å². The average molecular weight is 256 g/mol. The van der Waals surface area contributed by atoms with Crippen LogP contribution in [0.3, 0.4) is 0 Å². The predicted octanol–water partition coefficient (Wildman–Crippen LogP) is 3.56. The van der Waals surface area contributed by atoms with Crippen molar-refractivity contribution in [2.45, 2.75) is 51.5 Å². The lowest BCUT2D eigenvalue weighted by atomic mass is 9.87. The standard InChI is InChI=1S/C17H24N2/c1-2-12-19(13-6-5-11-18)17-10-9-15-7-3-4-8-16(15)14-17/h3-4,7-8,17H,2,5-6,9-10,12-14H2,1H3/t17-/m0/s1. The largest absolute Gasteiger partial charge is 0.300 e. The first-order valence-corrected chi connectivity index (χ1v) is 7.53. The molecule has 19 heavy (non-hydrogen) atoms. The Morgan fingerprint density at radius 2 is 2.05 bits per heavy atom. The minimum Gasteiger partial charge on any atom is -0.300 e. The van der Waals surface area contributed by atoms with Gasteiger partial charge in [0, 0.05) is 12.5 Å². The van der Waals surface area contributed by atoms with E-state index < -0.39 is 0 Å². The van der Waals surface area contributed by atoms with Gasteiger partial charge in [-0.3, -0.25) is 0 Å². The zero-order chi connectivity index (χ0) is 13.5. The molecule has 102 valence electrons. The highest BCUT2D eigenvalue weighted by Crippen LogP contribution is 2.24. The highest BCUT2D eigenvalue weighted by molar-refractivity contribution is 5.30. The summed E-state index contributed by atoms with van der Waals surface area (Å²) in [4.78, 5) is 2.60. The maximum absolute atomic E-state index is 8.68. The minimum absolute atomic E-state index is 0.675. The van der Waals surface area contributed by atoms with Gasteiger partial charge in [0.15, 0.2) is 0 Å². The number of hydrogen-bond donors (Lipinski definition) is 0. The van der Waals surface area contributed by atoms with Crippen LogP contribution in [0.15, 0.2) is 24.3 Å². The number of unbranched alkanes of at least 4 members (excludes halogenated alkanes) is 1. The lowest BCUT2D eigenvalue weighted by molar-refractivity contribution is 0.178. The SMILES string of the molecule is CCCN(CCCC#N)[C@H]1CCc2ccccc2C1. The molecule has 1 aromatic rings. The molecule has 0 heterocycles. The fourth-order valence-corrected chi connectivity index (χ4v) is 3.12. The summed E-state index contributed by atoms with van der Waals surface area (Å²) in [5, 5.41) is 8.68. The summed E-state index contributed by atoms with van der Waals surface area (Å²) in [6.45, 7) is 4.49. The molecule has 0 saturated carbocycles. The highest BCUT2D eigenvalue weighted by Gasteiger charge is 2.23. The van der Waals surface area contributed by atoms with Crippen LogP contribution in [0.4, 0.5) is 0 Å². The molecule has 0 aliphatic heterocycles. The van der Waals surface area contributed by atoms with Crippen molar-refractivity contribution in [1.82, 2.24) is 4.90 Å². The molecule has 0 N–H and O–H groups in total. The third-order valence-electron chi connectivity index (χ3n) is 4.08. The maximum atomic E-state index is 8.68. The second-order valence-corrected chi connectivity index (χ2v) is 5.46. The molecule has 1 aliphatic carbocycles. The summed E-state index contributed by atoms with van der Waals surface area (Å²) >= 11 is 0. The Morgan fingerprint density at radius 3 is 2.79 bits per heavy atom. The van der Waals surface area contributed by atoms with E-state index in [1.165, 1.54) is 36.8 Å². The van der Waals surface area contributed by atoms with E-state index in [0.29, 0.717) is 12.5 Å². The van der Waals surface area contributed by atoms with Crippen molar-refractivity contribution in [3.63, 3.8) is 0 Å². The molecular formula is C17H24N2. The summed E-state index contributed by atoms with van der Waals surface area (Å²) in [5.41, 5.74) is 3.06. The molecule has 0 spiro atoms. The van der Waals surface area contributed by atoms with E-state index in [9.17, 15) is 0 Å². The van der Waals surface area contributed by atoms with Crippen LogP contribution >= 0.6 is 0 Å². The zero-order valence-electron chi connectivity index (χ0n) is 11.9. The molecule has 2 nitrogen and oxygen atoms in total. The van der Waals surface area contributed by atoms with Crippen LogP contribution < -0.4 is 0 Å². The van der Waals surface area contributed by atoms with Gasteiger partial charge in [-0.05, 0) is 56.3 Å². The molecule has 0 unspecified atom stereocenters. The van der Waals surface area contributed by atoms with Gasteiger partial charge < -0.3 is 4.90 Å². The topological polar surface area (TPSA) is 27.0 Å². The van der Waals surface area contributed by atoms with E-state index in [-0.39, 0.29) is 0 Å². The Bertz CT molecular complexity index is 433. The number of hydrogen-bond acceptors (Lipinski definition) is 2. The predicted molar refractivity (Wildman–Crippen MR) is 79.0 cm³/mol. The van der Waals surface area contributed by atoms with E-state index in [0.717, 1.165) is 19.5 Å². The van der Waals surface area contributed by atoms with Gasteiger partial charge in [-0.15, -0.1) is 0 Å². The maximum Gasteiger partial charge on any atom is 0.0622 e. The molecule has 0 fully saturated rings. The Hall–Kier alpha value is -1.33. The molecule has 1 aliphatic rings. The number of fused-ring (bicyclic) bond motifs is 1. The van der Waals surface area contributed by atoms with Gasteiger partial charge in [-0.25, -0.2) is 0 Å². The smallest absolute Gasteiger partial charge is 0.0622 e. The first-order valence-electron chi connectivity index (χ1n) is 7.53. The number of nitrogens with zero attached hydrogens (tertiary/aromatic N) is 2. The Balaban J connectivity index is 1.97. The summed E-state index contributed by atoms with van der Waals surface area (Å²) in [5.74, 6) is 0. The van der Waals surface area contributed by atoms with Crippen LogP contribution in [0, 0.1) is 11.3 Å². The Labute approximate surface area is 117 Å². The highest BCUT2D eigenvalue weighted by atomic mass is 15.1. The lowest BCUT2D eigenvalue weighted by Crippen LogP contribution is -2.40. The van der Waals surface area contributed by atoms with Crippen LogP contribution in [-0.4, -0.2) is 24.0 Å². The normalized spacial score (nSPS) is 18.1. The van der Waals surface area contributed by atoms with E-state index in [1.807, 2.05) is 0 Å². The minimum atomic E-state index is 0.675. The van der Waals surface area contributed by atoms with Crippen molar-refractivity contribution in [3.8, 4) is 6.07 Å². The Morgan fingerprint density at radius 1 is 1.26 bits per heavy atom. The van der Waals surface area contributed by atoms with Gasteiger partial charge in [0.1, 0.15) is 0 Å². The molecule has 0 aromatic heterocycles. The second kappa shape index (κ2) is 7.31. The fraction of sp³-hybridized carbons (Fsp3) is 0.588. The molecule has 1 atom stereocenters. The second-order valence-electron chi connectivity index (χ2n) is 5.46. The summed E-state index contributed by atoms with van der Waals surface area (Å²) in [7, 11) is 0. The molecule has 0 radical (unpaired) electrons. The van der Waals surface area contributed by atoms with Crippen molar-refractivity contribution in [2.75, 3.05) is 13.1 Å². The molecular weight excluding hydrogens is 232 g/mol. The van der Waals surface area contributed by atoms with Gasteiger partial charge in [0.05, 0.1) is 6.07 Å². The molecule has 1 aromatic carbocycles. The van der Waals surface area contributed by atoms with Crippen LogP contribution in [-0.2, 0) is 12.8 Å². The molecule has 0 bridgehead atoms. The van der Waals surface area contributed by atoms with Crippen LogP contribution in [0.25, 0.3) is 0 Å². The fourth-order valence-electron chi connectivity index (χ4n) is 3.12. The third-order valence-corrected chi connectivity index (χ3v) is 4.08. The number of benzene rings is 1. The summed E-state index contributed by atoms with van der Waals surface area (Å²) in [6, 6.07) is 11.8. The summed E-state index contributed by atoms with van der Waals surface area (Å²) < 4.78 is 0. The van der Waals surface area contributed by atoms with Crippen molar-refractivity contribution < 1.29 is 0 Å². The first kappa shape index (κ1) is 14.1. The van der Waals surface area contributed by atoms with Crippen LogP contribution in [0.2, 0.25) is 0 Å². The molecule has 0 amide bonds. The molecule has 2 rings (SSSR count). The van der Waals surface area contributed by atoms with E-state index in [2.05, 4.69) is 42.2 Å². The summed E-state index contributed by atoms with van der Waals surface area (Å²) in [6.07, 6.45) is 6.55. The first-order chi connectivity index (χ1) is 9.35. The molecule has 2 heteroatoms.